The first kappa shape index (κ1) is 20.5. The van der Waals surface area contributed by atoms with Gasteiger partial charge in [-0.15, -0.1) is 0 Å². The van der Waals surface area contributed by atoms with Gasteiger partial charge >= 0.3 is 0 Å². The number of methoxy groups -OCH3 is 1. The van der Waals surface area contributed by atoms with E-state index < -0.39 is 11.8 Å². The number of hydrogen-bond acceptors (Lipinski definition) is 8. The molecule has 4 rings (SSSR count). The van der Waals surface area contributed by atoms with Gasteiger partial charge in [-0.25, -0.2) is 4.98 Å². The highest BCUT2D eigenvalue weighted by Gasteiger charge is 2.39. The summed E-state index contributed by atoms with van der Waals surface area (Å²) in [6.07, 6.45) is 0. The molecule has 1 N–H and O–H groups in total. The minimum absolute atomic E-state index is 0.0197. The average Bonchev–Trinajstić information content (AvgIpc) is 3.16. The minimum Gasteiger partial charge on any atom is -0.497 e. The highest BCUT2D eigenvalue weighted by atomic mass is 16.5. The van der Waals surface area contributed by atoms with Crippen LogP contribution >= 0.6 is 0 Å². The van der Waals surface area contributed by atoms with Crippen LogP contribution in [0.2, 0.25) is 0 Å². The summed E-state index contributed by atoms with van der Waals surface area (Å²) in [7, 11) is 1.57. The van der Waals surface area contributed by atoms with Crippen molar-refractivity contribution in [3.63, 3.8) is 0 Å². The Morgan fingerprint density at radius 2 is 1.78 bits per heavy atom. The SMILES string of the molecule is COc1ccc(Nc2nc(N3N=C(c4ccccc4)C(C#N)C3=O)nc(C)c2C#N)cc1. The number of carbonyl (C=O) groups is 1. The molecule has 156 valence electrons. The van der Waals surface area contributed by atoms with Crippen molar-refractivity contribution in [2.24, 2.45) is 11.0 Å². The largest absolute Gasteiger partial charge is 0.497 e. The van der Waals surface area contributed by atoms with Crippen molar-refractivity contribution in [1.29, 1.82) is 10.5 Å². The van der Waals surface area contributed by atoms with Gasteiger partial charge in [0.05, 0.1) is 24.6 Å². The Balaban J connectivity index is 1.75. The molecule has 9 nitrogen and oxygen atoms in total. The Morgan fingerprint density at radius 1 is 1.06 bits per heavy atom. The molecule has 1 aliphatic heterocycles. The van der Waals surface area contributed by atoms with Crippen molar-refractivity contribution in [2.75, 3.05) is 17.4 Å². The molecule has 9 heteroatoms. The first-order chi connectivity index (χ1) is 15.5. The van der Waals surface area contributed by atoms with Gasteiger partial charge < -0.3 is 10.1 Å². The third-order valence-electron chi connectivity index (χ3n) is 4.87. The fraction of sp³-hybridized carbons (Fsp3) is 0.130. The number of amides is 1. The third-order valence-corrected chi connectivity index (χ3v) is 4.87. The molecule has 0 fully saturated rings. The molecule has 0 spiro atoms. The molecule has 2 aromatic carbocycles. The van der Waals surface area contributed by atoms with Crippen LogP contribution in [-0.4, -0.2) is 28.7 Å². The van der Waals surface area contributed by atoms with Gasteiger partial charge in [0.2, 0.25) is 0 Å². The van der Waals surface area contributed by atoms with Crippen LogP contribution < -0.4 is 15.1 Å². The average molecular weight is 423 g/mol. The molecule has 32 heavy (non-hydrogen) atoms. The summed E-state index contributed by atoms with van der Waals surface area (Å²) in [4.78, 5) is 21.6. The van der Waals surface area contributed by atoms with Crippen LogP contribution in [0.25, 0.3) is 0 Å². The standard InChI is InChI=1S/C23H17N7O2/c1-14-18(12-24)21(27-16-8-10-17(32-2)11-9-16)28-23(26-14)30-22(31)19(13-25)20(29-30)15-6-4-3-5-7-15/h3-11,19H,1-2H3,(H,26,27,28). The Labute approximate surface area is 184 Å². The number of benzene rings is 2. The summed E-state index contributed by atoms with van der Waals surface area (Å²) in [5.41, 5.74) is 2.27. The van der Waals surface area contributed by atoms with E-state index in [1.54, 1.807) is 62.6 Å². The molecule has 1 amide bonds. The van der Waals surface area contributed by atoms with Gasteiger partial charge in [0, 0.05) is 5.69 Å². The number of anilines is 3. The number of hydrazone groups is 1. The fourth-order valence-electron chi connectivity index (χ4n) is 3.24. The van der Waals surface area contributed by atoms with Crippen LogP contribution in [0.4, 0.5) is 17.5 Å². The maximum atomic E-state index is 12.9. The number of nitrogens with one attached hydrogen (secondary N) is 1. The molecule has 1 unspecified atom stereocenters. The van der Waals surface area contributed by atoms with E-state index >= 15 is 0 Å². The van der Waals surface area contributed by atoms with Gasteiger partial charge in [-0.2, -0.15) is 25.6 Å². The van der Waals surface area contributed by atoms with Crippen LogP contribution in [0.3, 0.4) is 0 Å². The van der Waals surface area contributed by atoms with Crippen LogP contribution in [-0.2, 0) is 4.79 Å². The normalized spacial score (nSPS) is 15.0. The second kappa shape index (κ2) is 8.54. The van der Waals surface area contributed by atoms with Crippen molar-refractivity contribution < 1.29 is 9.53 Å². The number of rotatable bonds is 5. The Bertz CT molecular complexity index is 1290. The van der Waals surface area contributed by atoms with Crippen molar-refractivity contribution in [3.8, 4) is 17.9 Å². The molecule has 0 saturated heterocycles. The molecule has 1 atom stereocenters. The van der Waals surface area contributed by atoms with Crippen LogP contribution in [0, 0.1) is 35.5 Å². The summed E-state index contributed by atoms with van der Waals surface area (Å²) in [5.74, 6) is -0.733. The second-order valence-electron chi connectivity index (χ2n) is 6.86. The van der Waals surface area contributed by atoms with Gasteiger partial charge in [0.25, 0.3) is 11.9 Å². The van der Waals surface area contributed by atoms with Gasteiger partial charge in [-0.1, -0.05) is 30.3 Å². The fourth-order valence-corrected chi connectivity index (χ4v) is 3.24. The van der Waals surface area contributed by atoms with E-state index in [-0.39, 0.29) is 17.3 Å². The summed E-state index contributed by atoms with van der Waals surface area (Å²) in [5, 5.41) is 27.6. The highest BCUT2D eigenvalue weighted by molar-refractivity contribution is 6.22. The van der Waals surface area contributed by atoms with E-state index in [0.29, 0.717) is 28.4 Å². The molecule has 0 radical (unpaired) electrons. The summed E-state index contributed by atoms with van der Waals surface area (Å²) in [6, 6.07) is 20.2. The molecular formula is C23H17N7O2. The van der Waals surface area contributed by atoms with E-state index in [9.17, 15) is 15.3 Å². The van der Waals surface area contributed by atoms with Crippen LogP contribution in [0.15, 0.2) is 59.7 Å². The molecular weight excluding hydrogens is 406 g/mol. The minimum atomic E-state index is -1.07. The molecule has 2 heterocycles. The van der Waals surface area contributed by atoms with E-state index in [4.69, 9.17) is 4.74 Å². The van der Waals surface area contributed by atoms with Crippen LogP contribution in [0.5, 0.6) is 5.75 Å². The Hall–Kier alpha value is -4.76. The van der Waals surface area contributed by atoms with E-state index in [2.05, 4.69) is 26.5 Å². The Morgan fingerprint density at radius 3 is 2.41 bits per heavy atom. The zero-order valence-corrected chi connectivity index (χ0v) is 17.3. The van der Waals surface area contributed by atoms with Gasteiger partial charge in [-0.3, -0.25) is 4.79 Å². The highest BCUT2D eigenvalue weighted by Crippen LogP contribution is 2.28. The lowest BCUT2D eigenvalue weighted by molar-refractivity contribution is -0.118. The molecule has 0 saturated carbocycles. The summed E-state index contributed by atoms with van der Waals surface area (Å²) < 4.78 is 5.16. The van der Waals surface area contributed by atoms with Crippen molar-refractivity contribution in [1.82, 2.24) is 9.97 Å². The van der Waals surface area contributed by atoms with E-state index in [0.717, 1.165) is 5.01 Å². The molecule has 3 aromatic rings. The Kier molecular flexibility index (Phi) is 5.47. The number of hydrogen-bond donors (Lipinski definition) is 1. The number of aromatic nitrogens is 2. The number of aryl methyl sites for hydroxylation is 1. The maximum Gasteiger partial charge on any atom is 0.273 e. The number of nitriles is 2. The van der Waals surface area contributed by atoms with Gasteiger partial charge in [0.15, 0.2) is 11.7 Å². The van der Waals surface area contributed by atoms with Crippen LogP contribution in [0.1, 0.15) is 16.8 Å². The topological polar surface area (TPSA) is 127 Å². The quantitative estimate of drug-likeness (QED) is 0.667. The third kappa shape index (κ3) is 3.71. The lowest BCUT2D eigenvalue weighted by Crippen LogP contribution is -2.28. The first-order valence-corrected chi connectivity index (χ1v) is 9.63. The van der Waals surface area contributed by atoms with Gasteiger partial charge in [-0.05, 0) is 36.8 Å². The summed E-state index contributed by atoms with van der Waals surface area (Å²) in [6.45, 7) is 1.65. The molecule has 1 aromatic heterocycles. The molecule has 0 bridgehead atoms. The zero-order valence-electron chi connectivity index (χ0n) is 17.3. The predicted octanol–water partition coefficient (Wildman–Crippen LogP) is 3.30. The maximum absolute atomic E-state index is 12.9. The lowest BCUT2D eigenvalue weighted by Gasteiger charge is -2.15. The number of ether oxygens (including phenoxy) is 1. The zero-order chi connectivity index (χ0) is 22.7. The van der Waals surface area contributed by atoms with E-state index in [1.807, 2.05) is 12.1 Å². The summed E-state index contributed by atoms with van der Waals surface area (Å²) >= 11 is 0. The van der Waals surface area contributed by atoms with Crippen molar-refractivity contribution in [2.45, 2.75) is 6.92 Å². The van der Waals surface area contributed by atoms with Crippen molar-refractivity contribution >= 4 is 29.1 Å². The predicted molar refractivity (Wildman–Crippen MR) is 117 cm³/mol. The smallest absolute Gasteiger partial charge is 0.273 e. The number of nitrogens with zero attached hydrogens (tertiary/aromatic N) is 6. The second-order valence-corrected chi connectivity index (χ2v) is 6.86. The van der Waals surface area contributed by atoms with Crippen molar-refractivity contribution in [3.05, 3.63) is 71.4 Å². The van der Waals surface area contributed by atoms with E-state index in [1.165, 1.54) is 0 Å². The molecule has 1 aliphatic rings. The lowest BCUT2D eigenvalue weighted by atomic mass is 9.98. The van der Waals surface area contributed by atoms with Gasteiger partial charge in [0.1, 0.15) is 17.4 Å². The first-order valence-electron chi connectivity index (χ1n) is 9.63. The molecule has 0 aliphatic carbocycles. The monoisotopic (exact) mass is 423 g/mol. The number of carbonyl (C=O) groups excluding carboxylic acids is 1.